The van der Waals surface area contributed by atoms with Gasteiger partial charge in [-0.2, -0.15) is 5.10 Å². The predicted molar refractivity (Wildman–Crippen MR) is 178 cm³/mol. The number of anilines is 1. The number of hydrogen-bond acceptors (Lipinski definition) is 7. The van der Waals surface area contributed by atoms with Crippen LogP contribution in [0.4, 0.5) is 5.82 Å². The van der Waals surface area contributed by atoms with Crippen LogP contribution in [0, 0.1) is 6.92 Å². The highest BCUT2D eigenvalue weighted by molar-refractivity contribution is 6.13. The second-order valence-corrected chi connectivity index (χ2v) is 11.8. The number of hydrogen-bond donors (Lipinski definition) is 2. The highest BCUT2D eigenvalue weighted by Crippen LogP contribution is 2.30. The first-order valence-corrected chi connectivity index (χ1v) is 15.1. The number of carbonyl (C=O) groups excluding carboxylic acids is 3. The van der Waals surface area contributed by atoms with Crippen molar-refractivity contribution in [1.29, 1.82) is 0 Å². The third kappa shape index (κ3) is 5.96. The maximum atomic E-state index is 13.7. The molecule has 1 aliphatic rings. The fraction of sp³-hybridized carbons (Fsp3) is 0.257. The number of rotatable bonds is 8. The maximum absolute atomic E-state index is 13.7. The van der Waals surface area contributed by atoms with E-state index in [9.17, 15) is 14.4 Å². The van der Waals surface area contributed by atoms with E-state index < -0.39 is 0 Å². The number of likely N-dealkylation sites (N-methyl/N-ethyl adjacent to an activating group) is 1. The molecule has 3 aromatic carbocycles. The molecule has 2 amide bonds. The van der Waals surface area contributed by atoms with Crippen molar-refractivity contribution in [3.05, 3.63) is 101 Å². The smallest absolute Gasteiger partial charge is 0.253 e. The van der Waals surface area contributed by atoms with E-state index in [4.69, 9.17) is 4.74 Å². The van der Waals surface area contributed by atoms with Crippen LogP contribution in [0.15, 0.2) is 72.9 Å². The number of ketones is 1. The van der Waals surface area contributed by atoms with Gasteiger partial charge in [0.1, 0.15) is 17.3 Å². The number of aromatic amines is 1. The summed E-state index contributed by atoms with van der Waals surface area (Å²) in [5, 5.41) is 8.50. The molecule has 2 N–H and O–H groups in total. The molecule has 0 radical (unpaired) electrons. The number of H-pyrrole nitrogens is 1. The Kier molecular flexibility index (Phi) is 8.33. The molecule has 2 aromatic heterocycles. The van der Waals surface area contributed by atoms with E-state index in [0.29, 0.717) is 52.8 Å². The molecule has 0 spiro atoms. The summed E-state index contributed by atoms with van der Waals surface area (Å²) in [6, 6.07) is 19.9. The van der Waals surface area contributed by atoms with Crippen molar-refractivity contribution >= 4 is 34.3 Å². The van der Waals surface area contributed by atoms with Gasteiger partial charge in [0.2, 0.25) is 5.78 Å². The minimum absolute atomic E-state index is 0.00237. The van der Waals surface area contributed by atoms with Crippen molar-refractivity contribution in [2.45, 2.75) is 6.92 Å². The number of piperazine rings is 1. The van der Waals surface area contributed by atoms with Gasteiger partial charge in [0.15, 0.2) is 0 Å². The van der Waals surface area contributed by atoms with Crippen LogP contribution in [-0.4, -0.2) is 101 Å². The number of aromatic nitrogens is 3. The van der Waals surface area contributed by atoms with Gasteiger partial charge in [-0.05, 0) is 80.2 Å². The summed E-state index contributed by atoms with van der Waals surface area (Å²) in [6.07, 6.45) is 1.55. The van der Waals surface area contributed by atoms with Crippen molar-refractivity contribution in [3.63, 3.8) is 0 Å². The standard InChI is InChI=1S/C35H37N7O4/c1-22-17-27(46-26-8-6-7-23(19-26)34(44)39(3)4)10-12-31(22)42-33(36-2)28(21-37-42)32(43)30-20-25-18-24(9-11-29(25)38-30)35(45)41-15-13-40(5)14-16-41/h6-12,17-21,36,38H,13-16H2,1-5H3. The number of benzene rings is 3. The lowest BCUT2D eigenvalue weighted by molar-refractivity contribution is 0.0664. The molecule has 1 aliphatic heterocycles. The van der Waals surface area contributed by atoms with Crippen molar-refractivity contribution in [3.8, 4) is 17.2 Å². The quantitative estimate of drug-likeness (QED) is 0.240. The Balaban J connectivity index is 1.22. The van der Waals surface area contributed by atoms with Gasteiger partial charge in [-0.15, -0.1) is 0 Å². The molecule has 0 unspecified atom stereocenters. The van der Waals surface area contributed by atoms with Gasteiger partial charge in [0, 0.05) is 69.4 Å². The molecule has 6 rings (SSSR count). The Morgan fingerprint density at radius 2 is 1.67 bits per heavy atom. The molecular formula is C35H37N7O4. The van der Waals surface area contributed by atoms with Gasteiger partial charge in [-0.3, -0.25) is 14.4 Å². The Hall–Kier alpha value is -5.42. The lowest BCUT2D eigenvalue weighted by Crippen LogP contribution is -2.47. The molecule has 11 nitrogen and oxygen atoms in total. The van der Waals surface area contributed by atoms with E-state index in [1.54, 1.807) is 68.4 Å². The third-order valence-corrected chi connectivity index (χ3v) is 8.27. The van der Waals surface area contributed by atoms with E-state index in [0.717, 1.165) is 35.2 Å². The third-order valence-electron chi connectivity index (χ3n) is 8.27. The Labute approximate surface area is 267 Å². The second kappa shape index (κ2) is 12.5. The minimum Gasteiger partial charge on any atom is -0.457 e. The van der Waals surface area contributed by atoms with Crippen molar-refractivity contribution in [2.24, 2.45) is 0 Å². The molecular weight excluding hydrogens is 582 g/mol. The molecule has 46 heavy (non-hydrogen) atoms. The normalized spacial score (nSPS) is 13.5. The topological polar surface area (TPSA) is 116 Å². The molecule has 11 heteroatoms. The van der Waals surface area contributed by atoms with Gasteiger partial charge in [0.25, 0.3) is 11.8 Å². The largest absolute Gasteiger partial charge is 0.457 e. The van der Waals surface area contributed by atoms with Gasteiger partial charge in [0.05, 0.1) is 23.1 Å². The van der Waals surface area contributed by atoms with E-state index in [2.05, 4.69) is 27.3 Å². The van der Waals surface area contributed by atoms with E-state index >= 15 is 0 Å². The summed E-state index contributed by atoms with van der Waals surface area (Å²) in [7, 11) is 7.23. The second-order valence-electron chi connectivity index (χ2n) is 11.8. The highest BCUT2D eigenvalue weighted by Gasteiger charge is 2.24. The zero-order valence-corrected chi connectivity index (χ0v) is 26.6. The number of fused-ring (bicyclic) bond motifs is 1. The zero-order valence-electron chi connectivity index (χ0n) is 26.6. The Morgan fingerprint density at radius 1 is 0.913 bits per heavy atom. The molecule has 1 saturated heterocycles. The van der Waals surface area contributed by atoms with Gasteiger partial charge in [-0.25, -0.2) is 4.68 Å². The highest BCUT2D eigenvalue weighted by atomic mass is 16.5. The summed E-state index contributed by atoms with van der Waals surface area (Å²) in [4.78, 5) is 48.1. The summed E-state index contributed by atoms with van der Waals surface area (Å²) in [5.74, 6) is 1.38. The van der Waals surface area contributed by atoms with E-state index in [1.807, 2.05) is 42.2 Å². The van der Waals surface area contributed by atoms with Crippen molar-refractivity contribution in [1.82, 2.24) is 29.5 Å². The summed E-state index contributed by atoms with van der Waals surface area (Å²) in [6.45, 7) is 5.04. The summed E-state index contributed by atoms with van der Waals surface area (Å²) < 4.78 is 7.76. The number of ether oxygens (including phenoxy) is 1. The van der Waals surface area contributed by atoms with Crippen LogP contribution in [0.25, 0.3) is 16.6 Å². The first kappa shape index (κ1) is 30.6. The van der Waals surface area contributed by atoms with Crippen LogP contribution in [0.2, 0.25) is 0 Å². The average Bonchev–Trinajstić information content (AvgIpc) is 3.68. The predicted octanol–water partition coefficient (Wildman–Crippen LogP) is 4.82. The van der Waals surface area contributed by atoms with Crippen LogP contribution in [0.1, 0.15) is 42.3 Å². The number of aryl methyl sites for hydroxylation is 1. The average molecular weight is 620 g/mol. The number of nitrogens with zero attached hydrogens (tertiary/aromatic N) is 5. The lowest BCUT2D eigenvalue weighted by Gasteiger charge is -2.32. The molecule has 0 aliphatic carbocycles. The number of carbonyl (C=O) groups is 3. The Morgan fingerprint density at radius 3 is 2.39 bits per heavy atom. The zero-order chi connectivity index (χ0) is 32.5. The summed E-state index contributed by atoms with van der Waals surface area (Å²) in [5.41, 5.74) is 4.39. The van der Waals surface area contributed by atoms with Crippen molar-refractivity contribution < 1.29 is 19.1 Å². The Bertz CT molecular complexity index is 1950. The lowest BCUT2D eigenvalue weighted by atomic mass is 10.1. The molecule has 5 aromatic rings. The van der Waals surface area contributed by atoms with Gasteiger partial charge < -0.3 is 29.7 Å². The van der Waals surface area contributed by atoms with Crippen LogP contribution >= 0.6 is 0 Å². The van der Waals surface area contributed by atoms with Crippen molar-refractivity contribution in [2.75, 3.05) is 59.7 Å². The first-order chi connectivity index (χ1) is 22.1. The first-order valence-electron chi connectivity index (χ1n) is 15.1. The van der Waals surface area contributed by atoms with Crippen LogP contribution in [0.3, 0.4) is 0 Å². The van der Waals surface area contributed by atoms with E-state index in [1.165, 1.54) is 4.90 Å². The maximum Gasteiger partial charge on any atom is 0.253 e. The number of amides is 2. The molecule has 1 fully saturated rings. The molecule has 0 atom stereocenters. The van der Waals surface area contributed by atoms with Crippen LogP contribution in [0.5, 0.6) is 11.5 Å². The minimum atomic E-state index is -0.219. The molecule has 0 bridgehead atoms. The van der Waals surface area contributed by atoms with Gasteiger partial charge >= 0.3 is 0 Å². The van der Waals surface area contributed by atoms with Crippen LogP contribution in [-0.2, 0) is 0 Å². The SMILES string of the molecule is CNc1c(C(=O)c2cc3cc(C(=O)N4CCN(C)CC4)ccc3[nH]2)cnn1-c1ccc(Oc2cccc(C(=O)N(C)C)c2)cc1C. The molecule has 236 valence electrons. The van der Waals surface area contributed by atoms with E-state index in [-0.39, 0.29) is 17.6 Å². The summed E-state index contributed by atoms with van der Waals surface area (Å²) >= 11 is 0. The molecule has 0 saturated carbocycles. The number of nitrogens with one attached hydrogen (secondary N) is 2. The van der Waals surface area contributed by atoms with Crippen LogP contribution < -0.4 is 10.1 Å². The fourth-order valence-corrected chi connectivity index (χ4v) is 5.68. The monoisotopic (exact) mass is 619 g/mol. The van der Waals surface area contributed by atoms with Gasteiger partial charge in [-0.1, -0.05) is 6.07 Å². The molecule has 3 heterocycles. The fourth-order valence-electron chi connectivity index (χ4n) is 5.68.